The van der Waals surface area contributed by atoms with Crippen molar-refractivity contribution in [1.29, 1.82) is 0 Å². The van der Waals surface area contributed by atoms with E-state index in [-0.39, 0.29) is 5.69 Å². The summed E-state index contributed by atoms with van der Waals surface area (Å²) in [6, 6.07) is 3.18. The van der Waals surface area contributed by atoms with Crippen LogP contribution in [-0.2, 0) is 0 Å². The molecule has 2 aromatic rings. The molecule has 1 heterocycles. The molecule has 0 spiro atoms. The summed E-state index contributed by atoms with van der Waals surface area (Å²) < 4.78 is 1.53. The lowest BCUT2D eigenvalue weighted by Gasteiger charge is -2.10. The lowest BCUT2D eigenvalue weighted by molar-refractivity contribution is -0.385. The molecule has 0 unspecified atom stereocenters. The van der Waals surface area contributed by atoms with Crippen LogP contribution in [0.1, 0.15) is 16.8 Å². The fourth-order valence-corrected chi connectivity index (χ4v) is 1.90. The van der Waals surface area contributed by atoms with E-state index in [1.165, 1.54) is 10.7 Å². The highest BCUT2D eigenvalue weighted by molar-refractivity contribution is 5.58. The molecule has 2 N–H and O–H groups in total. The number of nitrogens with zero attached hydrogens (tertiary/aromatic N) is 4. The maximum atomic E-state index is 10.9. The maximum Gasteiger partial charge on any atom is 0.274 e. The van der Waals surface area contributed by atoms with E-state index in [0.717, 1.165) is 5.56 Å². The fourth-order valence-electron chi connectivity index (χ4n) is 1.90. The van der Waals surface area contributed by atoms with Gasteiger partial charge in [-0.2, -0.15) is 0 Å². The van der Waals surface area contributed by atoms with E-state index in [1.807, 2.05) is 6.92 Å². The minimum atomic E-state index is -0.409. The standard InChI is InChI=1S/C11H13N5O2/c1-6-4-5-9(16(17)18)7(2)10(6)15-8(3)11(12)13-14-15/h4-5H,12H2,1-3H3. The Hall–Kier alpha value is -2.44. The SMILES string of the molecule is Cc1ccc([N+](=O)[O-])c(C)c1-n1nnc(N)c1C. The second-order valence-electron chi connectivity index (χ2n) is 4.10. The van der Waals surface area contributed by atoms with Crippen molar-refractivity contribution < 1.29 is 4.92 Å². The van der Waals surface area contributed by atoms with Crippen molar-refractivity contribution in [2.24, 2.45) is 0 Å². The first-order chi connectivity index (χ1) is 8.43. The second kappa shape index (κ2) is 4.10. The van der Waals surface area contributed by atoms with Crippen LogP contribution in [0.2, 0.25) is 0 Å². The molecule has 0 saturated carbocycles. The third-order valence-electron chi connectivity index (χ3n) is 2.94. The van der Waals surface area contributed by atoms with Gasteiger partial charge in [-0.25, -0.2) is 4.68 Å². The van der Waals surface area contributed by atoms with E-state index >= 15 is 0 Å². The van der Waals surface area contributed by atoms with Gasteiger partial charge in [0.05, 0.1) is 21.9 Å². The van der Waals surface area contributed by atoms with Crippen molar-refractivity contribution in [1.82, 2.24) is 15.0 Å². The third kappa shape index (κ3) is 1.69. The topological polar surface area (TPSA) is 99.9 Å². The predicted octanol–water partition coefficient (Wildman–Crippen LogP) is 1.68. The van der Waals surface area contributed by atoms with Crippen LogP contribution in [-0.4, -0.2) is 19.9 Å². The molecular formula is C11H13N5O2. The van der Waals surface area contributed by atoms with Gasteiger partial charge < -0.3 is 5.73 Å². The molecule has 18 heavy (non-hydrogen) atoms. The number of nitrogens with two attached hydrogens (primary N) is 1. The first-order valence-corrected chi connectivity index (χ1v) is 5.36. The Kier molecular flexibility index (Phi) is 2.74. The van der Waals surface area contributed by atoms with Gasteiger partial charge in [-0.15, -0.1) is 5.10 Å². The molecule has 7 nitrogen and oxygen atoms in total. The zero-order valence-corrected chi connectivity index (χ0v) is 10.3. The zero-order valence-electron chi connectivity index (χ0n) is 10.3. The van der Waals surface area contributed by atoms with E-state index in [2.05, 4.69) is 10.3 Å². The van der Waals surface area contributed by atoms with Crippen LogP contribution in [0.15, 0.2) is 12.1 Å². The van der Waals surface area contributed by atoms with Crippen LogP contribution in [0.4, 0.5) is 11.5 Å². The van der Waals surface area contributed by atoms with E-state index in [9.17, 15) is 10.1 Å². The summed E-state index contributed by atoms with van der Waals surface area (Å²) in [7, 11) is 0. The molecule has 94 valence electrons. The van der Waals surface area contributed by atoms with Crippen LogP contribution in [0.3, 0.4) is 0 Å². The van der Waals surface area contributed by atoms with Crippen molar-refractivity contribution in [3.63, 3.8) is 0 Å². The number of hydrogen-bond donors (Lipinski definition) is 1. The van der Waals surface area contributed by atoms with Crippen molar-refractivity contribution >= 4 is 11.5 Å². The second-order valence-corrected chi connectivity index (χ2v) is 4.10. The summed E-state index contributed by atoms with van der Waals surface area (Å²) in [5.74, 6) is 0.320. The largest absolute Gasteiger partial charge is 0.381 e. The number of aromatic nitrogens is 3. The van der Waals surface area contributed by atoms with E-state index in [1.54, 1.807) is 19.9 Å². The first-order valence-electron chi connectivity index (χ1n) is 5.36. The Morgan fingerprint density at radius 1 is 1.33 bits per heavy atom. The summed E-state index contributed by atoms with van der Waals surface area (Å²) in [6.45, 7) is 5.33. The van der Waals surface area contributed by atoms with Crippen LogP contribution < -0.4 is 5.73 Å². The Bertz CT molecular complexity index is 633. The summed E-state index contributed by atoms with van der Waals surface area (Å²) in [4.78, 5) is 10.5. The number of aryl methyl sites for hydroxylation is 1. The number of nitro groups is 1. The normalized spacial score (nSPS) is 10.6. The van der Waals surface area contributed by atoms with Crippen LogP contribution in [0.5, 0.6) is 0 Å². The zero-order chi connectivity index (χ0) is 13.4. The first kappa shape index (κ1) is 12.0. The van der Waals surface area contributed by atoms with Gasteiger partial charge in [0.25, 0.3) is 5.69 Å². The third-order valence-corrected chi connectivity index (χ3v) is 2.94. The van der Waals surface area contributed by atoms with E-state index in [0.29, 0.717) is 22.8 Å². The van der Waals surface area contributed by atoms with Crippen molar-refractivity contribution in [3.05, 3.63) is 39.1 Å². The molecule has 0 atom stereocenters. The van der Waals surface area contributed by atoms with Crippen molar-refractivity contribution in [3.8, 4) is 5.69 Å². The Balaban J connectivity index is 2.75. The van der Waals surface area contributed by atoms with Crippen molar-refractivity contribution in [2.45, 2.75) is 20.8 Å². The number of nitro benzene ring substituents is 1. The molecule has 0 radical (unpaired) electrons. The average Bonchev–Trinajstić information content (AvgIpc) is 2.61. The quantitative estimate of drug-likeness (QED) is 0.642. The molecule has 0 aliphatic rings. The van der Waals surface area contributed by atoms with Gasteiger partial charge in [-0.3, -0.25) is 10.1 Å². The molecule has 1 aromatic carbocycles. The lowest BCUT2D eigenvalue weighted by Crippen LogP contribution is -2.06. The van der Waals surface area contributed by atoms with Gasteiger partial charge in [0.2, 0.25) is 0 Å². The minimum absolute atomic E-state index is 0.0593. The molecule has 1 aromatic heterocycles. The van der Waals surface area contributed by atoms with Gasteiger partial charge in [0.15, 0.2) is 5.82 Å². The Morgan fingerprint density at radius 2 is 2.00 bits per heavy atom. The number of nitrogen functional groups attached to an aromatic ring is 1. The minimum Gasteiger partial charge on any atom is -0.381 e. The van der Waals surface area contributed by atoms with E-state index in [4.69, 9.17) is 5.73 Å². The summed E-state index contributed by atoms with van der Waals surface area (Å²) in [5.41, 5.74) is 8.46. The van der Waals surface area contributed by atoms with E-state index < -0.39 is 4.92 Å². The molecule has 0 bridgehead atoms. The molecule has 0 saturated heterocycles. The van der Waals surface area contributed by atoms with Crippen LogP contribution in [0, 0.1) is 30.9 Å². The Labute approximate surface area is 103 Å². The highest BCUT2D eigenvalue weighted by Crippen LogP contribution is 2.28. The lowest BCUT2D eigenvalue weighted by atomic mass is 10.1. The highest BCUT2D eigenvalue weighted by atomic mass is 16.6. The van der Waals surface area contributed by atoms with Gasteiger partial charge in [-0.05, 0) is 26.3 Å². The highest BCUT2D eigenvalue weighted by Gasteiger charge is 2.19. The molecule has 0 aliphatic carbocycles. The molecule has 2 rings (SSSR count). The fraction of sp³-hybridized carbons (Fsp3) is 0.273. The summed E-state index contributed by atoms with van der Waals surface area (Å²) >= 11 is 0. The summed E-state index contributed by atoms with van der Waals surface area (Å²) in [6.07, 6.45) is 0. The molecular weight excluding hydrogens is 234 g/mol. The average molecular weight is 247 g/mol. The molecule has 7 heteroatoms. The smallest absolute Gasteiger partial charge is 0.274 e. The number of hydrogen-bond acceptors (Lipinski definition) is 5. The van der Waals surface area contributed by atoms with Gasteiger partial charge in [0.1, 0.15) is 0 Å². The number of anilines is 1. The molecule has 0 fully saturated rings. The van der Waals surface area contributed by atoms with Crippen LogP contribution in [0.25, 0.3) is 5.69 Å². The number of rotatable bonds is 2. The van der Waals surface area contributed by atoms with Gasteiger partial charge in [-0.1, -0.05) is 11.3 Å². The Morgan fingerprint density at radius 3 is 2.50 bits per heavy atom. The molecule has 0 amide bonds. The predicted molar refractivity (Wildman–Crippen MR) is 66.6 cm³/mol. The van der Waals surface area contributed by atoms with Crippen molar-refractivity contribution in [2.75, 3.05) is 5.73 Å². The van der Waals surface area contributed by atoms with Gasteiger partial charge in [0, 0.05) is 6.07 Å². The number of benzene rings is 1. The maximum absolute atomic E-state index is 10.9. The van der Waals surface area contributed by atoms with Gasteiger partial charge >= 0.3 is 0 Å². The summed E-state index contributed by atoms with van der Waals surface area (Å²) in [5, 5.41) is 18.6. The van der Waals surface area contributed by atoms with Crippen LogP contribution >= 0.6 is 0 Å². The molecule has 0 aliphatic heterocycles. The monoisotopic (exact) mass is 247 g/mol.